The smallest absolute Gasteiger partial charge is 0.0502 e. The van der Waals surface area contributed by atoms with E-state index in [0.29, 0.717) is 6.04 Å². The van der Waals surface area contributed by atoms with Gasteiger partial charge in [-0.3, -0.25) is 4.90 Å². The number of hydrogen-bond donors (Lipinski definition) is 1. The number of hydrogen-bond acceptors (Lipinski definition) is 2. The molecule has 0 radical (unpaired) electrons. The van der Waals surface area contributed by atoms with Crippen molar-refractivity contribution >= 4 is 11.6 Å². The van der Waals surface area contributed by atoms with Crippen molar-refractivity contribution in [3.63, 3.8) is 0 Å². The van der Waals surface area contributed by atoms with Crippen LogP contribution in [0.25, 0.3) is 0 Å². The van der Waals surface area contributed by atoms with Gasteiger partial charge in [0.15, 0.2) is 0 Å². The first-order valence-electron chi connectivity index (χ1n) is 7.90. The summed E-state index contributed by atoms with van der Waals surface area (Å²) < 4.78 is 0. The van der Waals surface area contributed by atoms with E-state index in [9.17, 15) is 0 Å². The molecule has 3 atom stereocenters. The molecule has 2 N–H and O–H groups in total. The lowest BCUT2D eigenvalue weighted by Gasteiger charge is -2.39. The molecule has 20 heavy (non-hydrogen) atoms. The average Bonchev–Trinajstić information content (AvgIpc) is 2.64. The summed E-state index contributed by atoms with van der Waals surface area (Å²) in [5, 5.41) is 0.804. The zero-order valence-corrected chi connectivity index (χ0v) is 13.4. The number of rotatable bonds is 4. The molecule has 1 aliphatic rings. The Morgan fingerprint density at radius 2 is 2.15 bits per heavy atom. The van der Waals surface area contributed by atoms with Gasteiger partial charge < -0.3 is 5.73 Å². The zero-order chi connectivity index (χ0) is 14.5. The Balaban J connectivity index is 2.31. The van der Waals surface area contributed by atoms with E-state index in [1.54, 1.807) is 0 Å². The third kappa shape index (κ3) is 3.75. The van der Waals surface area contributed by atoms with Gasteiger partial charge in [0, 0.05) is 17.1 Å². The van der Waals surface area contributed by atoms with Crippen LogP contribution < -0.4 is 5.73 Å². The highest BCUT2D eigenvalue weighted by Crippen LogP contribution is 2.32. The van der Waals surface area contributed by atoms with Crippen LogP contribution >= 0.6 is 11.6 Å². The summed E-state index contributed by atoms with van der Waals surface area (Å²) in [4.78, 5) is 2.60. The number of nitrogens with zero attached hydrogens (tertiary/aromatic N) is 1. The predicted octanol–water partition coefficient (Wildman–Crippen LogP) is 4.38. The summed E-state index contributed by atoms with van der Waals surface area (Å²) >= 11 is 6.19. The number of likely N-dealkylation sites (tertiary alicyclic amines) is 1. The Labute approximate surface area is 128 Å². The number of nitrogens with two attached hydrogens (primary N) is 1. The molecule has 1 fully saturated rings. The first-order chi connectivity index (χ1) is 9.63. The monoisotopic (exact) mass is 294 g/mol. The van der Waals surface area contributed by atoms with Crippen LogP contribution in [0.3, 0.4) is 0 Å². The topological polar surface area (TPSA) is 29.3 Å². The predicted molar refractivity (Wildman–Crippen MR) is 87.1 cm³/mol. The minimum absolute atomic E-state index is 0.161. The fourth-order valence-electron chi connectivity index (χ4n) is 3.31. The fourth-order valence-corrected chi connectivity index (χ4v) is 3.51. The Morgan fingerprint density at radius 3 is 2.85 bits per heavy atom. The molecule has 1 aromatic rings. The Hall–Kier alpha value is -0.570. The summed E-state index contributed by atoms with van der Waals surface area (Å²) in [6.07, 6.45) is 6.21. The van der Waals surface area contributed by atoms with Crippen molar-refractivity contribution < 1.29 is 0 Å². The molecule has 3 unspecified atom stereocenters. The van der Waals surface area contributed by atoms with Crippen LogP contribution in [0.2, 0.25) is 5.02 Å². The zero-order valence-electron chi connectivity index (χ0n) is 12.7. The van der Waals surface area contributed by atoms with Crippen LogP contribution in [-0.4, -0.2) is 23.5 Å². The van der Waals surface area contributed by atoms with Gasteiger partial charge >= 0.3 is 0 Å². The maximum atomic E-state index is 6.46. The summed E-state index contributed by atoms with van der Waals surface area (Å²) in [6, 6.07) is 9.27. The van der Waals surface area contributed by atoms with Crippen LogP contribution in [0.4, 0.5) is 0 Å². The molecule has 0 bridgehead atoms. The largest absolute Gasteiger partial charge is 0.326 e. The van der Waals surface area contributed by atoms with Crippen molar-refractivity contribution in [1.82, 2.24) is 4.90 Å². The molecule has 0 aromatic heterocycles. The molecular weight excluding hydrogens is 268 g/mol. The molecule has 112 valence electrons. The van der Waals surface area contributed by atoms with E-state index in [1.165, 1.54) is 31.2 Å². The van der Waals surface area contributed by atoms with Gasteiger partial charge in [-0.1, -0.05) is 43.5 Å². The number of halogens is 1. The van der Waals surface area contributed by atoms with Gasteiger partial charge in [0.2, 0.25) is 0 Å². The molecule has 0 spiro atoms. The third-order valence-corrected chi connectivity index (χ3v) is 4.76. The molecule has 2 nitrogen and oxygen atoms in total. The average molecular weight is 295 g/mol. The molecule has 1 heterocycles. The van der Waals surface area contributed by atoms with E-state index in [-0.39, 0.29) is 12.1 Å². The highest BCUT2D eigenvalue weighted by molar-refractivity contribution is 6.30. The van der Waals surface area contributed by atoms with Crippen molar-refractivity contribution in [2.24, 2.45) is 5.73 Å². The van der Waals surface area contributed by atoms with E-state index in [2.05, 4.69) is 30.9 Å². The van der Waals surface area contributed by atoms with Crippen molar-refractivity contribution in [3.8, 4) is 0 Å². The lowest BCUT2D eigenvalue weighted by molar-refractivity contribution is 0.124. The van der Waals surface area contributed by atoms with E-state index in [1.807, 2.05) is 12.1 Å². The maximum Gasteiger partial charge on any atom is 0.0502 e. The summed E-state index contributed by atoms with van der Waals surface area (Å²) in [6.45, 7) is 5.65. The highest BCUT2D eigenvalue weighted by Gasteiger charge is 2.30. The third-order valence-electron chi connectivity index (χ3n) is 4.53. The summed E-state index contributed by atoms with van der Waals surface area (Å²) in [5.74, 6) is 0. The number of benzene rings is 1. The minimum Gasteiger partial charge on any atom is -0.326 e. The van der Waals surface area contributed by atoms with Crippen LogP contribution in [0, 0.1) is 0 Å². The SMILES string of the molecule is CCC(N)C(c1cccc(Cl)c1)N1CCCCCC1C. The van der Waals surface area contributed by atoms with Crippen LogP contribution in [0.5, 0.6) is 0 Å². The van der Waals surface area contributed by atoms with Crippen LogP contribution in [0.1, 0.15) is 57.6 Å². The van der Waals surface area contributed by atoms with Gasteiger partial charge in [-0.25, -0.2) is 0 Å². The van der Waals surface area contributed by atoms with Crippen molar-refractivity contribution in [2.45, 2.75) is 64.1 Å². The first-order valence-corrected chi connectivity index (χ1v) is 8.28. The van der Waals surface area contributed by atoms with E-state index in [4.69, 9.17) is 17.3 Å². The van der Waals surface area contributed by atoms with Gasteiger partial charge in [0.25, 0.3) is 0 Å². The Kier molecular flexibility index (Phi) is 5.88. The van der Waals surface area contributed by atoms with Crippen LogP contribution in [-0.2, 0) is 0 Å². The molecule has 3 heteroatoms. The minimum atomic E-state index is 0.161. The lowest BCUT2D eigenvalue weighted by atomic mass is 9.94. The van der Waals surface area contributed by atoms with Gasteiger partial charge in [0.1, 0.15) is 0 Å². The van der Waals surface area contributed by atoms with Gasteiger partial charge in [-0.05, 0) is 50.4 Å². The molecular formula is C17H27ClN2. The molecule has 2 rings (SSSR count). The molecule has 0 aliphatic carbocycles. The van der Waals surface area contributed by atoms with Crippen molar-refractivity contribution in [1.29, 1.82) is 0 Å². The fraction of sp³-hybridized carbons (Fsp3) is 0.647. The van der Waals surface area contributed by atoms with E-state index >= 15 is 0 Å². The normalized spacial score (nSPS) is 24.1. The van der Waals surface area contributed by atoms with Gasteiger partial charge in [0.05, 0.1) is 6.04 Å². The Bertz CT molecular complexity index is 421. The van der Waals surface area contributed by atoms with Gasteiger partial charge in [-0.15, -0.1) is 0 Å². The van der Waals surface area contributed by atoms with Gasteiger partial charge in [-0.2, -0.15) is 0 Å². The molecule has 0 saturated carbocycles. The standard InChI is InChI=1S/C17H27ClN2/c1-3-16(19)17(14-9-7-10-15(18)12-14)20-11-6-4-5-8-13(20)2/h7,9-10,12-13,16-17H,3-6,8,11,19H2,1-2H3. The van der Waals surface area contributed by atoms with E-state index in [0.717, 1.165) is 18.0 Å². The second-order valence-corrected chi connectivity index (χ2v) is 6.44. The maximum absolute atomic E-state index is 6.46. The van der Waals surface area contributed by atoms with E-state index < -0.39 is 0 Å². The van der Waals surface area contributed by atoms with Crippen molar-refractivity contribution in [2.75, 3.05) is 6.54 Å². The summed E-state index contributed by atoms with van der Waals surface area (Å²) in [5.41, 5.74) is 7.72. The lowest BCUT2D eigenvalue weighted by Crippen LogP contribution is -2.45. The molecule has 0 amide bonds. The summed E-state index contributed by atoms with van der Waals surface area (Å²) in [7, 11) is 0. The second-order valence-electron chi connectivity index (χ2n) is 6.01. The van der Waals surface area contributed by atoms with Crippen molar-refractivity contribution in [3.05, 3.63) is 34.9 Å². The first kappa shape index (κ1) is 15.8. The highest BCUT2D eigenvalue weighted by atomic mass is 35.5. The Morgan fingerprint density at radius 1 is 1.35 bits per heavy atom. The second kappa shape index (κ2) is 7.44. The molecule has 1 saturated heterocycles. The molecule has 1 aromatic carbocycles. The van der Waals surface area contributed by atoms with Crippen LogP contribution in [0.15, 0.2) is 24.3 Å². The quantitative estimate of drug-likeness (QED) is 0.893. The molecule has 1 aliphatic heterocycles.